The molecule has 0 aromatic heterocycles. The Morgan fingerprint density at radius 3 is 2.65 bits per heavy atom. The minimum atomic E-state index is -0.0492. The Balaban J connectivity index is 1.84. The first-order valence-electron chi connectivity index (χ1n) is 8.13. The summed E-state index contributed by atoms with van der Waals surface area (Å²) in [5, 5.41) is 0. The summed E-state index contributed by atoms with van der Waals surface area (Å²) < 4.78 is 5.42. The third-order valence-corrected chi connectivity index (χ3v) is 4.84. The highest BCUT2D eigenvalue weighted by atomic mass is 16.5. The number of benzene rings is 2. The first-order valence-corrected chi connectivity index (χ1v) is 8.13. The second-order valence-electron chi connectivity index (χ2n) is 6.17. The average Bonchev–Trinajstić information content (AvgIpc) is 3.07. The molecule has 0 saturated carbocycles. The van der Waals surface area contributed by atoms with Crippen LogP contribution in [0.1, 0.15) is 46.4 Å². The molecule has 0 radical (unpaired) electrons. The van der Waals surface area contributed by atoms with Crippen LogP contribution in [0.25, 0.3) is 0 Å². The van der Waals surface area contributed by atoms with Gasteiger partial charge in [0.25, 0.3) is 5.91 Å². The van der Waals surface area contributed by atoms with Crippen LogP contribution in [0.5, 0.6) is 5.75 Å². The first kappa shape index (κ1) is 15.6. The molecule has 0 aliphatic heterocycles. The molecule has 0 heterocycles. The standard InChI is InChI=1S/C20H23NO2/c1-14(18-9-4-5-10-19(18)23-3)21(2)20(22)17-12-11-15-7-6-8-16(15)13-17/h4-5,9-14H,6-8H2,1-3H3. The topological polar surface area (TPSA) is 29.5 Å². The summed E-state index contributed by atoms with van der Waals surface area (Å²) in [6.07, 6.45) is 3.42. The van der Waals surface area contributed by atoms with Crippen LogP contribution in [0.3, 0.4) is 0 Å². The largest absolute Gasteiger partial charge is 0.496 e. The van der Waals surface area contributed by atoms with Crippen LogP contribution in [-0.4, -0.2) is 25.0 Å². The zero-order valence-corrected chi connectivity index (χ0v) is 14.0. The second-order valence-corrected chi connectivity index (χ2v) is 6.17. The van der Waals surface area contributed by atoms with Crippen molar-refractivity contribution in [1.82, 2.24) is 4.90 Å². The molecule has 3 nitrogen and oxygen atoms in total. The molecule has 0 bridgehead atoms. The minimum Gasteiger partial charge on any atom is -0.496 e. The Morgan fingerprint density at radius 1 is 1.13 bits per heavy atom. The Morgan fingerprint density at radius 2 is 1.87 bits per heavy atom. The van der Waals surface area contributed by atoms with Gasteiger partial charge in [0.05, 0.1) is 13.2 Å². The third kappa shape index (κ3) is 2.96. The number of carbonyl (C=O) groups excluding carboxylic acids is 1. The fourth-order valence-electron chi connectivity index (χ4n) is 3.30. The monoisotopic (exact) mass is 309 g/mol. The van der Waals surface area contributed by atoms with Crippen LogP contribution >= 0.6 is 0 Å². The van der Waals surface area contributed by atoms with Crippen LogP contribution in [0.2, 0.25) is 0 Å². The van der Waals surface area contributed by atoms with Crippen LogP contribution in [0.4, 0.5) is 0 Å². The van der Waals surface area contributed by atoms with Gasteiger partial charge in [0.2, 0.25) is 0 Å². The van der Waals surface area contributed by atoms with Gasteiger partial charge >= 0.3 is 0 Å². The van der Waals surface area contributed by atoms with E-state index in [2.05, 4.69) is 12.1 Å². The molecule has 0 fully saturated rings. The second kappa shape index (κ2) is 6.45. The van der Waals surface area contributed by atoms with Gasteiger partial charge in [0.15, 0.2) is 0 Å². The molecule has 3 heteroatoms. The lowest BCUT2D eigenvalue weighted by molar-refractivity contribution is 0.0741. The summed E-state index contributed by atoms with van der Waals surface area (Å²) >= 11 is 0. The Hall–Kier alpha value is -2.29. The van der Waals surface area contributed by atoms with Gasteiger partial charge in [-0.2, -0.15) is 0 Å². The van der Waals surface area contributed by atoms with Crippen LogP contribution in [-0.2, 0) is 12.8 Å². The molecule has 3 rings (SSSR count). The molecule has 1 amide bonds. The number of rotatable bonds is 4. The third-order valence-electron chi connectivity index (χ3n) is 4.84. The van der Waals surface area contributed by atoms with Gasteiger partial charge in [-0.3, -0.25) is 4.79 Å². The number of carbonyl (C=O) groups is 1. The predicted molar refractivity (Wildman–Crippen MR) is 92.0 cm³/mol. The van der Waals surface area contributed by atoms with Crippen molar-refractivity contribution >= 4 is 5.91 Å². The van der Waals surface area contributed by atoms with Crippen molar-refractivity contribution in [2.45, 2.75) is 32.2 Å². The zero-order valence-electron chi connectivity index (χ0n) is 14.0. The van der Waals surface area contributed by atoms with Crippen LogP contribution < -0.4 is 4.74 Å². The van der Waals surface area contributed by atoms with Crippen molar-refractivity contribution in [2.24, 2.45) is 0 Å². The van der Waals surface area contributed by atoms with E-state index in [9.17, 15) is 4.79 Å². The minimum absolute atomic E-state index is 0.0492. The van der Waals surface area contributed by atoms with Gasteiger partial charge in [0.1, 0.15) is 5.75 Å². The lowest BCUT2D eigenvalue weighted by atomic mass is 10.0. The number of nitrogens with zero attached hydrogens (tertiary/aromatic N) is 1. The van der Waals surface area contributed by atoms with Crippen molar-refractivity contribution in [3.05, 3.63) is 64.7 Å². The highest BCUT2D eigenvalue weighted by molar-refractivity contribution is 5.94. The van der Waals surface area contributed by atoms with Gasteiger partial charge in [-0.1, -0.05) is 24.3 Å². The number of methoxy groups -OCH3 is 1. The maximum Gasteiger partial charge on any atom is 0.254 e. The average molecular weight is 309 g/mol. The molecule has 2 aromatic rings. The fourth-order valence-corrected chi connectivity index (χ4v) is 3.30. The molecule has 1 atom stereocenters. The molecule has 1 aliphatic carbocycles. The van der Waals surface area contributed by atoms with E-state index in [0.717, 1.165) is 29.7 Å². The number of ether oxygens (including phenoxy) is 1. The summed E-state index contributed by atoms with van der Waals surface area (Å²) in [7, 11) is 3.51. The molecule has 23 heavy (non-hydrogen) atoms. The number of hydrogen-bond donors (Lipinski definition) is 0. The SMILES string of the molecule is COc1ccccc1C(C)N(C)C(=O)c1ccc2c(c1)CCC2. The number of fused-ring (bicyclic) bond motifs is 1. The van der Waals surface area contributed by atoms with Gasteiger partial charge in [-0.15, -0.1) is 0 Å². The highest BCUT2D eigenvalue weighted by Gasteiger charge is 2.22. The maximum atomic E-state index is 12.8. The highest BCUT2D eigenvalue weighted by Crippen LogP contribution is 2.30. The smallest absolute Gasteiger partial charge is 0.254 e. The summed E-state index contributed by atoms with van der Waals surface area (Å²) in [4.78, 5) is 14.6. The van der Waals surface area contributed by atoms with Gasteiger partial charge in [-0.05, 0) is 55.5 Å². The molecule has 120 valence electrons. The molecule has 1 aliphatic rings. The van der Waals surface area contributed by atoms with Crippen molar-refractivity contribution in [3.8, 4) is 5.75 Å². The fraction of sp³-hybridized carbons (Fsp3) is 0.350. The summed E-state index contributed by atoms with van der Waals surface area (Å²) in [5.41, 5.74) is 4.51. The molecular weight excluding hydrogens is 286 g/mol. The van der Waals surface area contributed by atoms with E-state index < -0.39 is 0 Å². The molecular formula is C20H23NO2. The van der Waals surface area contributed by atoms with Crippen molar-refractivity contribution in [1.29, 1.82) is 0 Å². The number of para-hydroxylation sites is 1. The van der Waals surface area contributed by atoms with E-state index in [1.807, 2.05) is 44.3 Å². The maximum absolute atomic E-state index is 12.8. The lowest BCUT2D eigenvalue weighted by Crippen LogP contribution is -2.30. The van der Waals surface area contributed by atoms with E-state index in [1.165, 1.54) is 17.5 Å². The van der Waals surface area contributed by atoms with Gasteiger partial charge in [-0.25, -0.2) is 0 Å². The summed E-state index contributed by atoms with van der Waals surface area (Å²) in [6.45, 7) is 2.03. The Kier molecular flexibility index (Phi) is 4.37. The van der Waals surface area contributed by atoms with Crippen molar-refractivity contribution in [2.75, 3.05) is 14.2 Å². The molecule has 2 aromatic carbocycles. The van der Waals surface area contributed by atoms with Crippen LogP contribution in [0.15, 0.2) is 42.5 Å². The number of hydrogen-bond acceptors (Lipinski definition) is 2. The number of aryl methyl sites for hydroxylation is 2. The van der Waals surface area contributed by atoms with E-state index in [0.29, 0.717) is 0 Å². The lowest BCUT2D eigenvalue weighted by Gasteiger charge is -2.27. The van der Waals surface area contributed by atoms with E-state index in [4.69, 9.17) is 4.74 Å². The Bertz CT molecular complexity index is 723. The Labute approximate surface area is 137 Å². The molecule has 0 N–H and O–H groups in total. The van der Waals surface area contributed by atoms with E-state index in [1.54, 1.807) is 12.0 Å². The van der Waals surface area contributed by atoms with E-state index in [-0.39, 0.29) is 11.9 Å². The van der Waals surface area contributed by atoms with E-state index >= 15 is 0 Å². The van der Waals surface area contributed by atoms with Gasteiger partial charge in [0, 0.05) is 18.2 Å². The molecule has 0 saturated heterocycles. The van der Waals surface area contributed by atoms with Crippen molar-refractivity contribution < 1.29 is 9.53 Å². The molecule has 1 unspecified atom stereocenters. The van der Waals surface area contributed by atoms with Crippen LogP contribution in [0, 0.1) is 0 Å². The quantitative estimate of drug-likeness (QED) is 0.854. The van der Waals surface area contributed by atoms with Crippen molar-refractivity contribution in [3.63, 3.8) is 0 Å². The predicted octanol–water partition coefficient (Wildman–Crippen LogP) is 4.02. The molecule has 0 spiro atoms. The number of amides is 1. The first-order chi connectivity index (χ1) is 11.1. The zero-order chi connectivity index (χ0) is 16.4. The normalized spacial score (nSPS) is 14.2. The summed E-state index contributed by atoms with van der Waals surface area (Å²) in [5.74, 6) is 0.867. The summed E-state index contributed by atoms with van der Waals surface area (Å²) in [6, 6.07) is 13.9. The van der Waals surface area contributed by atoms with Gasteiger partial charge < -0.3 is 9.64 Å².